The molecule has 10 nitrogen and oxygen atoms in total. The Kier molecular flexibility index (Phi) is 10.7. The van der Waals surface area contributed by atoms with Crippen molar-refractivity contribution in [2.24, 2.45) is 0 Å². The lowest BCUT2D eigenvalue weighted by atomic mass is 10.0. The number of urea groups is 1. The zero-order valence-electron chi connectivity index (χ0n) is 23.0. The first-order valence-corrected chi connectivity index (χ1v) is 13.0. The Balaban J connectivity index is 1.64. The molecule has 0 fully saturated rings. The Morgan fingerprint density at radius 3 is 2.05 bits per heavy atom. The minimum atomic E-state index is -1.02. The van der Waals surface area contributed by atoms with E-state index in [0.29, 0.717) is 29.2 Å². The van der Waals surface area contributed by atoms with Crippen molar-refractivity contribution < 1.29 is 29.3 Å². The Labute approximate surface area is 234 Å². The number of nitrogens with two attached hydrogens (primary N) is 1. The molecule has 0 heterocycles. The van der Waals surface area contributed by atoms with Crippen molar-refractivity contribution in [2.45, 2.75) is 44.9 Å². The van der Waals surface area contributed by atoms with E-state index in [4.69, 9.17) is 15.2 Å². The molecule has 2 atom stereocenters. The molecule has 40 heavy (non-hydrogen) atoms. The van der Waals surface area contributed by atoms with Crippen LogP contribution in [0.4, 0.5) is 26.7 Å². The molecule has 0 bridgehead atoms. The Morgan fingerprint density at radius 2 is 1.50 bits per heavy atom. The Bertz CT molecular complexity index is 1210. The maximum absolute atomic E-state index is 13.1. The fourth-order valence-corrected chi connectivity index (χ4v) is 3.81. The Morgan fingerprint density at radius 1 is 0.925 bits per heavy atom. The van der Waals surface area contributed by atoms with E-state index in [2.05, 4.69) is 10.6 Å². The third kappa shape index (κ3) is 10.1. The molecule has 10 heteroatoms. The lowest BCUT2D eigenvalue weighted by Crippen LogP contribution is -2.50. The first-order valence-electron chi connectivity index (χ1n) is 13.0. The molecule has 1 unspecified atom stereocenters. The monoisotopic (exact) mass is 550 g/mol. The van der Waals surface area contributed by atoms with Crippen LogP contribution in [-0.2, 0) is 11.2 Å². The lowest BCUT2D eigenvalue weighted by Gasteiger charge is -2.34. The molecule has 3 aromatic carbocycles. The summed E-state index contributed by atoms with van der Waals surface area (Å²) in [5.74, 6) is 0.597. The zero-order chi connectivity index (χ0) is 29.1. The van der Waals surface area contributed by atoms with Crippen LogP contribution in [0, 0.1) is 0 Å². The second kappa shape index (κ2) is 14.2. The number of anilines is 3. The molecule has 3 aromatic rings. The van der Waals surface area contributed by atoms with Gasteiger partial charge in [-0.3, -0.25) is 4.90 Å². The normalized spacial score (nSPS) is 12.6. The van der Waals surface area contributed by atoms with Crippen LogP contribution in [0.25, 0.3) is 0 Å². The van der Waals surface area contributed by atoms with E-state index in [1.807, 2.05) is 18.2 Å². The maximum Gasteiger partial charge on any atom is 0.410 e. The predicted octanol–water partition coefficient (Wildman–Crippen LogP) is 4.49. The number of hydrogen-bond acceptors (Lipinski definition) is 7. The maximum atomic E-state index is 13.1. The van der Waals surface area contributed by atoms with Gasteiger partial charge in [-0.25, -0.2) is 9.59 Å². The molecule has 0 aliphatic carbocycles. The minimum Gasteiger partial charge on any atom is -0.491 e. The van der Waals surface area contributed by atoms with Crippen LogP contribution in [0.15, 0.2) is 78.9 Å². The van der Waals surface area contributed by atoms with Gasteiger partial charge in [-0.15, -0.1) is 0 Å². The van der Waals surface area contributed by atoms with Crippen molar-refractivity contribution in [3.05, 3.63) is 84.4 Å². The highest BCUT2D eigenvalue weighted by molar-refractivity contribution is 5.99. The van der Waals surface area contributed by atoms with Gasteiger partial charge in [0.05, 0.1) is 19.2 Å². The molecule has 0 aliphatic rings. The average Bonchev–Trinajstić information content (AvgIpc) is 2.91. The molecule has 0 saturated carbocycles. The molecule has 0 radical (unpaired) electrons. The highest BCUT2D eigenvalue weighted by atomic mass is 16.6. The van der Waals surface area contributed by atoms with Crippen LogP contribution in [-0.4, -0.2) is 64.7 Å². The van der Waals surface area contributed by atoms with Crippen molar-refractivity contribution in [3.8, 4) is 5.75 Å². The van der Waals surface area contributed by atoms with E-state index in [1.54, 1.807) is 81.4 Å². The van der Waals surface area contributed by atoms with Crippen LogP contribution in [0.3, 0.4) is 0 Å². The average molecular weight is 551 g/mol. The van der Waals surface area contributed by atoms with Crippen LogP contribution in [0.5, 0.6) is 5.75 Å². The number of nitrogens with one attached hydrogen (secondary N) is 2. The van der Waals surface area contributed by atoms with Gasteiger partial charge in [0.25, 0.3) is 0 Å². The molecular weight excluding hydrogens is 512 g/mol. The summed E-state index contributed by atoms with van der Waals surface area (Å²) in [6.07, 6.45) is -1.38. The molecule has 0 spiro atoms. The van der Waals surface area contributed by atoms with Gasteiger partial charge in [0.1, 0.15) is 24.1 Å². The van der Waals surface area contributed by atoms with Gasteiger partial charge < -0.3 is 36.1 Å². The summed E-state index contributed by atoms with van der Waals surface area (Å²) < 4.78 is 11.2. The number of para-hydroxylation sites is 1. The van der Waals surface area contributed by atoms with Crippen LogP contribution >= 0.6 is 0 Å². The summed E-state index contributed by atoms with van der Waals surface area (Å²) in [5, 5.41) is 26.4. The highest BCUT2D eigenvalue weighted by Crippen LogP contribution is 2.18. The summed E-state index contributed by atoms with van der Waals surface area (Å²) in [6.45, 7) is 4.76. The number of ether oxygens (including phenoxy) is 2. The number of carbonyl (C=O) groups excluding carboxylic acids is 2. The fourth-order valence-electron chi connectivity index (χ4n) is 3.81. The number of benzene rings is 3. The van der Waals surface area contributed by atoms with Crippen LogP contribution in [0.1, 0.15) is 26.3 Å². The smallest absolute Gasteiger partial charge is 0.410 e. The second-order valence-electron chi connectivity index (χ2n) is 10.3. The number of nitrogens with zero attached hydrogens (tertiary/aromatic N) is 1. The standard InChI is InChI=1S/C30H38N4O6/c1-30(2,3)40-29(38)34(18-26(36)20-39-27-7-5-4-6-8-27)25(19-35)17-21-9-13-23(14-10-21)32-28(37)33-24-15-11-22(31)12-16-24/h4-16,25-26,35-36H,17-20,31H2,1-3H3,(H2,32,33,37)/t25-,26?/m0/s1. The molecule has 6 N–H and O–H groups in total. The van der Waals surface area contributed by atoms with E-state index in [-0.39, 0.29) is 19.8 Å². The number of carbonyl (C=O) groups is 2. The summed E-state index contributed by atoms with van der Waals surface area (Å²) >= 11 is 0. The second-order valence-corrected chi connectivity index (χ2v) is 10.3. The molecule has 0 aliphatic heterocycles. The van der Waals surface area contributed by atoms with Crippen molar-refractivity contribution in [1.82, 2.24) is 4.90 Å². The molecule has 3 rings (SSSR count). The third-order valence-corrected chi connectivity index (χ3v) is 5.72. The number of aliphatic hydroxyl groups excluding tert-OH is 2. The molecule has 0 saturated heterocycles. The van der Waals surface area contributed by atoms with E-state index in [9.17, 15) is 19.8 Å². The van der Waals surface area contributed by atoms with E-state index in [1.165, 1.54) is 4.90 Å². The van der Waals surface area contributed by atoms with E-state index < -0.39 is 29.9 Å². The molecule has 214 valence electrons. The number of rotatable bonds is 11. The number of hydrogen-bond donors (Lipinski definition) is 5. The zero-order valence-corrected chi connectivity index (χ0v) is 23.0. The Hall–Kier alpha value is -4.28. The number of aliphatic hydroxyl groups is 2. The first-order chi connectivity index (χ1) is 19.0. The lowest BCUT2D eigenvalue weighted by molar-refractivity contribution is -0.00891. The number of amides is 3. The quantitative estimate of drug-likeness (QED) is 0.221. The van der Waals surface area contributed by atoms with Crippen LogP contribution in [0.2, 0.25) is 0 Å². The molecule has 0 aromatic heterocycles. The third-order valence-electron chi connectivity index (χ3n) is 5.72. The van der Waals surface area contributed by atoms with E-state index >= 15 is 0 Å². The minimum absolute atomic E-state index is 0.0414. The van der Waals surface area contributed by atoms with Gasteiger partial charge in [-0.1, -0.05) is 30.3 Å². The number of nitrogen functional groups attached to an aromatic ring is 1. The van der Waals surface area contributed by atoms with Gasteiger partial charge >= 0.3 is 12.1 Å². The summed E-state index contributed by atoms with van der Waals surface area (Å²) in [5.41, 5.74) is 7.49. The summed E-state index contributed by atoms with van der Waals surface area (Å²) in [7, 11) is 0. The van der Waals surface area contributed by atoms with Crippen molar-refractivity contribution in [1.29, 1.82) is 0 Å². The largest absolute Gasteiger partial charge is 0.491 e. The van der Waals surface area contributed by atoms with Gasteiger partial charge in [0.2, 0.25) is 0 Å². The molecular formula is C30H38N4O6. The summed E-state index contributed by atoms with van der Waals surface area (Å²) in [4.78, 5) is 26.7. The van der Waals surface area contributed by atoms with Crippen LogP contribution < -0.4 is 21.1 Å². The van der Waals surface area contributed by atoms with Gasteiger partial charge in [-0.2, -0.15) is 0 Å². The van der Waals surface area contributed by atoms with Gasteiger partial charge in [0.15, 0.2) is 0 Å². The van der Waals surface area contributed by atoms with E-state index in [0.717, 1.165) is 5.56 Å². The predicted molar refractivity (Wildman–Crippen MR) is 155 cm³/mol. The van der Waals surface area contributed by atoms with Crippen molar-refractivity contribution in [3.63, 3.8) is 0 Å². The SMILES string of the molecule is CC(C)(C)OC(=O)N(CC(O)COc1ccccc1)[C@H](CO)Cc1ccc(NC(=O)Nc2ccc(N)cc2)cc1. The van der Waals surface area contributed by atoms with Gasteiger partial charge in [0, 0.05) is 17.1 Å². The molecule has 3 amide bonds. The van der Waals surface area contributed by atoms with Crippen molar-refractivity contribution in [2.75, 3.05) is 36.1 Å². The highest BCUT2D eigenvalue weighted by Gasteiger charge is 2.30. The first kappa shape index (κ1) is 30.3. The topological polar surface area (TPSA) is 146 Å². The van der Waals surface area contributed by atoms with Crippen molar-refractivity contribution >= 4 is 29.2 Å². The van der Waals surface area contributed by atoms with Gasteiger partial charge in [-0.05, 0) is 81.3 Å². The fraction of sp³-hybridized carbons (Fsp3) is 0.333. The summed E-state index contributed by atoms with van der Waals surface area (Å²) in [6, 6.07) is 21.8.